The van der Waals surface area contributed by atoms with Gasteiger partial charge in [0.2, 0.25) is 5.76 Å². The zero-order valence-corrected chi connectivity index (χ0v) is 18.3. The summed E-state index contributed by atoms with van der Waals surface area (Å²) in [6, 6.07) is 13.7. The number of benzene rings is 2. The number of hydrogen-bond donors (Lipinski definition) is 3. The molecule has 0 aliphatic heterocycles. The molecule has 0 unspecified atom stereocenters. The van der Waals surface area contributed by atoms with Gasteiger partial charge in [0, 0.05) is 28.4 Å². The SMILES string of the molecule is Cc1ccc(C(=O)NC2CC2)cc1NC(=O)c1ccc(OCc2cc(C)c(C(=O)O)o2)cc1. The van der Waals surface area contributed by atoms with Crippen molar-refractivity contribution in [2.75, 3.05) is 5.32 Å². The summed E-state index contributed by atoms with van der Waals surface area (Å²) >= 11 is 0. The summed E-state index contributed by atoms with van der Waals surface area (Å²) in [5.74, 6) is -0.780. The lowest BCUT2D eigenvalue weighted by molar-refractivity contribution is 0.0656. The molecule has 1 aliphatic rings. The highest BCUT2D eigenvalue weighted by Gasteiger charge is 2.24. The minimum Gasteiger partial charge on any atom is -0.486 e. The van der Waals surface area contributed by atoms with Gasteiger partial charge in [-0.05, 0) is 74.7 Å². The number of carbonyl (C=O) groups is 3. The van der Waals surface area contributed by atoms with Crippen LogP contribution in [0.1, 0.15) is 61.0 Å². The number of carboxylic acid groups (broad SMARTS) is 1. The molecule has 3 N–H and O–H groups in total. The highest BCUT2D eigenvalue weighted by atomic mass is 16.5. The molecule has 170 valence electrons. The molecule has 0 saturated heterocycles. The zero-order valence-electron chi connectivity index (χ0n) is 18.3. The second kappa shape index (κ2) is 9.20. The summed E-state index contributed by atoms with van der Waals surface area (Å²) in [4.78, 5) is 36.1. The molecular weight excluding hydrogens is 424 g/mol. The number of anilines is 1. The number of aryl methyl sites for hydroxylation is 2. The summed E-state index contributed by atoms with van der Waals surface area (Å²) < 4.78 is 10.9. The van der Waals surface area contributed by atoms with Gasteiger partial charge in [-0.2, -0.15) is 0 Å². The lowest BCUT2D eigenvalue weighted by Crippen LogP contribution is -2.25. The van der Waals surface area contributed by atoms with Gasteiger partial charge in [0.1, 0.15) is 18.1 Å². The Bertz CT molecular complexity index is 1210. The van der Waals surface area contributed by atoms with E-state index in [0.29, 0.717) is 33.9 Å². The number of nitrogens with one attached hydrogen (secondary N) is 2. The summed E-state index contributed by atoms with van der Waals surface area (Å²) in [7, 11) is 0. The molecule has 1 aromatic heterocycles. The Morgan fingerprint density at radius 2 is 1.67 bits per heavy atom. The van der Waals surface area contributed by atoms with Gasteiger partial charge in [-0.1, -0.05) is 6.07 Å². The summed E-state index contributed by atoms with van der Waals surface area (Å²) in [6.45, 7) is 3.58. The molecule has 1 fully saturated rings. The van der Waals surface area contributed by atoms with Gasteiger partial charge in [0.05, 0.1) is 0 Å². The molecule has 1 aliphatic carbocycles. The molecule has 33 heavy (non-hydrogen) atoms. The normalized spacial score (nSPS) is 12.8. The van der Waals surface area contributed by atoms with Crippen LogP contribution in [-0.2, 0) is 6.61 Å². The van der Waals surface area contributed by atoms with Crippen molar-refractivity contribution in [3.8, 4) is 5.75 Å². The van der Waals surface area contributed by atoms with Gasteiger partial charge in [-0.15, -0.1) is 0 Å². The molecule has 8 nitrogen and oxygen atoms in total. The number of carboxylic acids is 1. The van der Waals surface area contributed by atoms with Gasteiger partial charge in [-0.3, -0.25) is 9.59 Å². The van der Waals surface area contributed by atoms with Gasteiger partial charge in [0.15, 0.2) is 0 Å². The first kappa shape index (κ1) is 22.1. The van der Waals surface area contributed by atoms with E-state index in [2.05, 4.69) is 10.6 Å². The summed E-state index contributed by atoms with van der Waals surface area (Å²) in [6.07, 6.45) is 2.01. The van der Waals surface area contributed by atoms with Crippen LogP contribution in [0.3, 0.4) is 0 Å². The fourth-order valence-electron chi connectivity index (χ4n) is 3.28. The van der Waals surface area contributed by atoms with Crippen molar-refractivity contribution < 1.29 is 28.6 Å². The number of amides is 2. The van der Waals surface area contributed by atoms with E-state index in [4.69, 9.17) is 14.3 Å². The molecule has 3 aromatic rings. The average Bonchev–Trinajstić information content (AvgIpc) is 3.52. The Balaban J connectivity index is 1.37. The van der Waals surface area contributed by atoms with Crippen LogP contribution in [0.5, 0.6) is 5.75 Å². The van der Waals surface area contributed by atoms with Crippen molar-refractivity contribution in [3.05, 3.63) is 82.3 Å². The van der Waals surface area contributed by atoms with E-state index in [1.807, 2.05) is 6.92 Å². The first-order valence-corrected chi connectivity index (χ1v) is 10.6. The van der Waals surface area contributed by atoms with E-state index in [-0.39, 0.29) is 30.2 Å². The van der Waals surface area contributed by atoms with Crippen LogP contribution in [0.15, 0.2) is 52.9 Å². The number of furan rings is 1. The third-order valence-corrected chi connectivity index (χ3v) is 5.32. The number of rotatable bonds is 8. The van der Waals surface area contributed by atoms with Crippen molar-refractivity contribution in [1.29, 1.82) is 0 Å². The predicted molar refractivity (Wildman–Crippen MR) is 121 cm³/mol. The van der Waals surface area contributed by atoms with Crippen LogP contribution in [0.4, 0.5) is 5.69 Å². The van der Waals surface area contributed by atoms with E-state index in [1.54, 1.807) is 55.5 Å². The quantitative estimate of drug-likeness (QED) is 0.472. The molecule has 1 heterocycles. The molecule has 0 atom stereocenters. The van der Waals surface area contributed by atoms with Crippen LogP contribution in [0, 0.1) is 13.8 Å². The summed E-state index contributed by atoms with van der Waals surface area (Å²) in [5.41, 5.74) is 2.88. The van der Waals surface area contributed by atoms with Gasteiger partial charge in [0.25, 0.3) is 11.8 Å². The Hall–Kier alpha value is -4.07. The fraction of sp³-hybridized carbons (Fsp3) is 0.240. The number of aromatic carboxylic acids is 1. The maximum Gasteiger partial charge on any atom is 0.372 e. The predicted octanol–water partition coefficient (Wildman–Crippen LogP) is 4.32. The van der Waals surface area contributed by atoms with Crippen molar-refractivity contribution >= 4 is 23.5 Å². The topological polar surface area (TPSA) is 118 Å². The standard InChI is InChI=1S/C25H24N2O6/c1-14-3-4-17(24(29)26-18-7-8-18)12-21(14)27-23(28)16-5-9-19(10-6-16)32-13-20-11-15(2)22(33-20)25(30)31/h3-6,9-12,18H,7-8,13H2,1-2H3,(H,26,29)(H,27,28)(H,30,31). The average molecular weight is 448 g/mol. The third-order valence-electron chi connectivity index (χ3n) is 5.32. The second-order valence-electron chi connectivity index (χ2n) is 8.07. The molecule has 0 bridgehead atoms. The summed E-state index contributed by atoms with van der Waals surface area (Å²) in [5, 5.41) is 14.9. The van der Waals surface area contributed by atoms with Gasteiger partial charge >= 0.3 is 5.97 Å². The third kappa shape index (κ3) is 5.41. The number of ether oxygens (including phenoxy) is 1. The molecule has 0 spiro atoms. The number of hydrogen-bond acceptors (Lipinski definition) is 5. The first-order valence-electron chi connectivity index (χ1n) is 10.6. The highest BCUT2D eigenvalue weighted by Crippen LogP contribution is 2.23. The van der Waals surface area contributed by atoms with E-state index in [0.717, 1.165) is 18.4 Å². The van der Waals surface area contributed by atoms with Crippen molar-refractivity contribution in [2.24, 2.45) is 0 Å². The molecule has 0 radical (unpaired) electrons. The lowest BCUT2D eigenvalue weighted by atomic mass is 10.1. The maximum atomic E-state index is 12.7. The van der Waals surface area contributed by atoms with Gasteiger partial charge in [-0.25, -0.2) is 4.79 Å². The fourth-order valence-corrected chi connectivity index (χ4v) is 3.28. The Morgan fingerprint density at radius 3 is 2.30 bits per heavy atom. The Labute approximate surface area is 190 Å². The van der Waals surface area contributed by atoms with E-state index in [9.17, 15) is 14.4 Å². The van der Waals surface area contributed by atoms with Crippen molar-refractivity contribution in [2.45, 2.75) is 39.3 Å². The molecule has 2 amide bonds. The van der Waals surface area contributed by atoms with E-state index in [1.165, 1.54) is 0 Å². The smallest absolute Gasteiger partial charge is 0.372 e. The van der Waals surface area contributed by atoms with Crippen molar-refractivity contribution in [3.63, 3.8) is 0 Å². The molecule has 1 saturated carbocycles. The van der Waals surface area contributed by atoms with Crippen LogP contribution in [0.2, 0.25) is 0 Å². The number of carbonyl (C=O) groups excluding carboxylic acids is 2. The first-order chi connectivity index (χ1) is 15.8. The molecule has 4 rings (SSSR count). The Morgan fingerprint density at radius 1 is 0.970 bits per heavy atom. The maximum absolute atomic E-state index is 12.7. The van der Waals surface area contributed by atoms with Gasteiger partial charge < -0.3 is 24.9 Å². The largest absolute Gasteiger partial charge is 0.486 e. The minimum atomic E-state index is -1.13. The van der Waals surface area contributed by atoms with Crippen LogP contribution < -0.4 is 15.4 Å². The zero-order chi connectivity index (χ0) is 23.5. The van der Waals surface area contributed by atoms with Crippen LogP contribution in [-0.4, -0.2) is 28.9 Å². The monoisotopic (exact) mass is 448 g/mol. The minimum absolute atomic E-state index is 0.0641. The van der Waals surface area contributed by atoms with Crippen LogP contribution in [0.25, 0.3) is 0 Å². The lowest BCUT2D eigenvalue weighted by Gasteiger charge is -2.11. The molecular formula is C25H24N2O6. The van der Waals surface area contributed by atoms with E-state index >= 15 is 0 Å². The van der Waals surface area contributed by atoms with E-state index < -0.39 is 5.97 Å². The highest BCUT2D eigenvalue weighted by molar-refractivity contribution is 6.05. The van der Waals surface area contributed by atoms with Crippen molar-refractivity contribution in [1.82, 2.24) is 5.32 Å². The molecule has 8 heteroatoms. The van der Waals surface area contributed by atoms with Crippen LogP contribution >= 0.6 is 0 Å². The Kier molecular flexibility index (Phi) is 6.17. The second-order valence-corrected chi connectivity index (χ2v) is 8.07. The molecule has 2 aromatic carbocycles.